The van der Waals surface area contributed by atoms with Crippen LogP contribution in [-0.2, 0) is 34.1 Å². The molecule has 1 fully saturated rings. The van der Waals surface area contributed by atoms with E-state index in [0.29, 0.717) is 25.7 Å². The highest BCUT2D eigenvalue weighted by Crippen LogP contribution is 2.20. The molecule has 1 aliphatic heterocycles. The molecule has 11 heteroatoms. The molecule has 0 aromatic carbocycles. The molecule has 3 amide bonds. The van der Waals surface area contributed by atoms with Crippen molar-refractivity contribution >= 4 is 33.8 Å². The minimum absolute atomic E-state index is 0.0754. The molecule has 0 aromatic heterocycles. The molecule has 1 rings (SSSR count). The van der Waals surface area contributed by atoms with Gasteiger partial charge in [0.15, 0.2) is 5.25 Å². The van der Waals surface area contributed by atoms with Gasteiger partial charge in [-0.05, 0) is 12.8 Å². The number of nitrogens with zero attached hydrogens (tertiary/aromatic N) is 1. The Balaban J connectivity index is 2.28. The number of carbonyl (C=O) groups is 4. The SMILES string of the molecule is [3H]CNC(=O)CCCCCCC(=O)ON1C(=O)CC(S(=O)(=O)O)C1=O. The van der Waals surface area contributed by atoms with E-state index >= 15 is 0 Å². The molecule has 2 N–H and O–H groups in total. The fourth-order valence-electron chi connectivity index (χ4n) is 2.06. The van der Waals surface area contributed by atoms with E-state index in [1.807, 2.05) is 0 Å². The number of hydrogen-bond donors (Lipinski definition) is 2. The van der Waals surface area contributed by atoms with Crippen LogP contribution in [0.2, 0.25) is 0 Å². The second-order valence-electron chi connectivity index (χ2n) is 5.21. The van der Waals surface area contributed by atoms with E-state index in [9.17, 15) is 27.6 Å². The van der Waals surface area contributed by atoms with Crippen molar-refractivity contribution in [2.24, 2.45) is 0 Å². The van der Waals surface area contributed by atoms with E-state index in [1.54, 1.807) is 0 Å². The van der Waals surface area contributed by atoms with Crippen LogP contribution in [0.1, 0.15) is 46.3 Å². The number of imide groups is 1. The number of amides is 3. The van der Waals surface area contributed by atoms with Gasteiger partial charge in [0.25, 0.3) is 21.9 Å². The summed E-state index contributed by atoms with van der Waals surface area (Å²) >= 11 is 0. The Morgan fingerprint density at radius 2 is 1.92 bits per heavy atom. The summed E-state index contributed by atoms with van der Waals surface area (Å²) in [5.74, 6) is -3.39. The molecule has 0 aliphatic carbocycles. The molecule has 1 heterocycles. The van der Waals surface area contributed by atoms with Gasteiger partial charge in [-0.2, -0.15) is 8.42 Å². The van der Waals surface area contributed by atoms with Crippen LogP contribution in [0.3, 0.4) is 0 Å². The lowest BCUT2D eigenvalue weighted by molar-refractivity contribution is -0.197. The van der Waals surface area contributed by atoms with Gasteiger partial charge in [0.1, 0.15) is 0 Å². The average Bonchev–Trinajstić information content (AvgIpc) is 2.79. The van der Waals surface area contributed by atoms with Gasteiger partial charge in [-0.3, -0.25) is 18.9 Å². The molecule has 24 heavy (non-hydrogen) atoms. The first-order chi connectivity index (χ1) is 11.7. The lowest BCUT2D eigenvalue weighted by Gasteiger charge is -2.13. The standard InChI is InChI=1S/C13H20N2O8S/c1-14-10(16)6-4-2-3-5-7-12(18)23-15-11(17)8-9(13(15)19)24(20,21)22/h9H,2-8H2,1H3,(H,14,16)(H,20,21,22)/i1T. The Kier molecular flexibility index (Phi) is 6.67. The van der Waals surface area contributed by atoms with Crippen molar-refractivity contribution in [3.8, 4) is 0 Å². The zero-order valence-corrected chi connectivity index (χ0v) is 13.7. The van der Waals surface area contributed by atoms with E-state index in [4.69, 9.17) is 5.92 Å². The molecular weight excluding hydrogens is 344 g/mol. The van der Waals surface area contributed by atoms with Gasteiger partial charge < -0.3 is 10.2 Å². The maximum Gasteiger partial charge on any atom is 0.333 e. The Hall–Kier alpha value is -2.01. The normalized spacial score (nSPS) is 18.5. The van der Waals surface area contributed by atoms with Gasteiger partial charge in [0.05, 0.1) is 6.42 Å². The van der Waals surface area contributed by atoms with Crippen molar-refractivity contribution in [2.45, 2.75) is 50.2 Å². The summed E-state index contributed by atoms with van der Waals surface area (Å²) in [6.45, 7) is 0. The topological polar surface area (TPSA) is 147 Å². The molecule has 1 atom stereocenters. The highest BCUT2D eigenvalue weighted by Gasteiger charge is 2.48. The molecule has 1 saturated heterocycles. The highest BCUT2D eigenvalue weighted by atomic mass is 32.2. The van der Waals surface area contributed by atoms with E-state index in [1.165, 1.54) is 0 Å². The Morgan fingerprint density at radius 1 is 1.29 bits per heavy atom. The predicted molar refractivity (Wildman–Crippen MR) is 79.7 cm³/mol. The molecule has 0 radical (unpaired) electrons. The van der Waals surface area contributed by atoms with Crippen LogP contribution >= 0.6 is 0 Å². The quantitative estimate of drug-likeness (QED) is 0.317. The van der Waals surface area contributed by atoms with Gasteiger partial charge in [0, 0.05) is 21.2 Å². The van der Waals surface area contributed by atoms with Crippen molar-refractivity contribution in [1.29, 1.82) is 0 Å². The maximum absolute atomic E-state index is 11.7. The summed E-state index contributed by atoms with van der Waals surface area (Å²) < 4.78 is 37.6. The van der Waals surface area contributed by atoms with E-state index < -0.39 is 39.6 Å². The second-order valence-corrected chi connectivity index (χ2v) is 6.81. The van der Waals surface area contributed by atoms with Gasteiger partial charge in [-0.1, -0.05) is 12.8 Å². The van der Waals surface area contributed by atoms with Crippen LogP contribution in [0.25, 0.3) is 0 Å². The molecule has 136 valence electrons. The summed E-state index contributed by atoms with van der Waals surface area (Å²) in [6.07, 6.45) is 1.70. The van der Waals surface area contributed by atoms with Crippen molar-refractivity contribution in [3.05, 3.63) is 0 Å². The zero-order chi connectivity index (χ0) is 19.0. The first-order valence-electron chi connectivity index (χ1n) is 7.97. The number of hydroxylamine groups is 2. The molecule has 10 nitrogen and oxygen atoms in total. The lowest BCUT2D eigenvalue weighted by atomic mass is 10.1. The largest absolute Gasteiger partial charge is 0.359 e. The molecule has 1 unspecified atom stereocenters. The van der Waals surface area contributed by atoms with Crippen molar-refractivity contribution < 1.29 is 38.4 Å². The summed E-state index contributed by atoms with van der Waals surface area (Å²) in [4.78, 5) is 50.5. The highest BCUT2D eigenvalue weighted by molar-refractivity contribution is 7.87. The summed E-state index contributed by atoms with van der Waals surface area (Å²) in [6, 6.07) is 0. The van der Waals surface area contributed by atoms with Gasteiger partial charge in [-0.25, -0.2) is 4.79 Å². The summed E-state index contributed by atoms with van der Waals surface area (Å²) in [5, 5.41) is 0.474. The minimum atomic E-state index is -4.74. The lowest BCUT2D eigenvalue weighted by Crippen LogP contribution is -2.36. The molecule has 0 saturated carbocycles. The van der Waals surface area contributed by atoms with Crippen molar-refractivity contribution in [2.75, 3.05) is 7.02 Å². The zero-order valence-electron chi connectivity index (χ0n) is 13.9. The third-order valence-corrected chi connectivity index (χ3v) is 4.43. The number of nitrogens with one attached hydrogen (secondary N) is 1. The molecular formula is C13H20N2O8S. The van der Waals surface area contributed by atoms with Gasteiger partial charge in [0.2, 0.25) is 5.91 Å². The van der Waals surface area contributed by atoms with Crippen molar-refractivity contribution in [1.82, 2.24) is 10.4 Å². The molecule has 0 spiro atoms. The maximum atomic E-state index is 11.7. The van der Waals surface area contributed by atoms with Gasteiger partial charge >= 0.3 is 5.97 Å². The van der Waals surface area contributed by atoms with Crippen LogP contribution in [0.4, 0.5) is 0 Å². The number of carbonyl (C=O) groups excluding carboxylic acids is 4. The fourth-order valence-corrected chi connectivity index (χ4v) is 2.76. The monoisotopic (exact) mass is 366 g/mol. The Bertz CT molecular complexity index is 636. The number of rotatable bonds is 9. The van der Waals surface area contributed by atoms with Crippen LogP contribution in [0.5, 0.6) is 0 Å². The smallest absolute Gasteiger partial charge is 0.333 e. The van der Waals surface area contributed by atoms with Crippen LogP contribution in [0, 0.1) is 0 Å². The minimum Gasteiger partial charge on any atom is -0.359 e. The average molecular weight is 366 g/mol. The molecule has 1 aliphatic rings. The van der Waals surface area contributed by atoms with E-state index in [0.717, 1.165) is 0 Å². The van der Waals surface area contributed by atoms with Gasteiger partial charge in [-0.15, -0.1) is 5.06 Å². The molecule has 0 aromatic rings. The first-order valence-corrected chi connectivity index (χ1v) is 8.77. The third kappa shape index (κ3) is 5.89. The van der Waals surface area contributed by atoms with E-state index in [-0.39, 0.29) is 30.8 Å². The molecule has 0 bridgehead atoms. The first kappa shape index (κ1) is 18.3. The summed E-state index contributed by atoms with van der Waals surface area (Å²) in [5.41, 5.74) is 0. The second kappa shape index (κ2) is 8.73. The Morgan fingerprint density at radius 3 is 2.46 bits per heavy atom. The van der Waals surface area contributed by atoms with Crippen LogP contribution in [0.15, 0.2) is 0 Å². The number of hydrogen-bond acceptors (Lipinski definition) is 7. The van der Waals surface area contributed by atoms with Crippen LogP contribution in [-0.4, -0.2) is 54.0 Å². The predicted octanol–water partition coefficient (Wildman–Crippen LogP) is -0.453. The third-order valence-electron chi connectivity index (χ3n) is 3.35. The Labute approximate surface area is 140 Å². The van der Waals surface area contributed by atoms with Crippen molar-refractivity contribution in [3.63, 3.8) is 0 Å². The number of unbranched alkanes of at least 4 members (excludes halogenated alkanes) is 3. The summed E-state index contributed by atoms with van der Waals surface area (Å²) in [7, 11) is -4.91. The van der Waals surface area contributed by atoms with E-state index in [2.05, 4.69) is 10.2 Å². The van der Waals surface area contributed by atoms with Crippen LogP contribution < -0.4 is 5.32 Å². The fraction of sp³-hybridized carbons (Fsp3) is 0.692.